The first kappa shape index (κ1) is 27.2. The summed E-state index contributed by atoms with van der Waals surface area (Å²) in [6.45, 7) is 5.07. The van der Waals surface area contributed by atoms with Gasteiger partial charge in [-0.05, 0) is 70.4 Å². The third-order valence-corrected chi connectivity index (χ3v) is 7.10. The monoisotopic (exact) mass is 601 g/mol. The molecule has 40 heavy (non-hydrogen) atoms. The number of amides is 2. The molecular formula is C29H28BrN7O3. The lowest BCUT2D eigenvalue weighted by Gasteiger charge is -2.33. The fraction of sp³-hybridized carbons (Fsp3) is 0.207. The molecule has 2 aromatic heterocycles. The van der Waals surface area contributed by atoms with Gasteiger partial charge in [0.05, 0.1) is 5.69 Å². The van der Waals surface area contributed by atoms with Gasteiger partial charge >= 0.3 is 6.09 Å². The van der Waals surface area contributed by atoms with Crippen LogP contribution in [0.4, 0.5) is 22.1 Å². The predicted molar refractivity (Wildman–Crippen MR) is 157 cm³/mol. The molecule has 2 amide bonds. The van der Waals surface area contributed by atoms with Crippen molar-refractivity contribution in [3.63, 3.8) is 0 Å². The molecule has 0 atom stereocenters. The molecule has 1 fully saturated rings. The number of nitrogens with zero attached hydrogens (tertiary/aromatic N) is 5. The summed E-state index contributed by atoms with van der Waals surface area (Å²) < 4.78 is 0.864. The molecule has 1 aliphatic rings. The van der Waals surface area contributed by atoms with E-state index >= 15 is 0 Å². The molecule has 0 bridgehead atoms. The first-order chi connectivity index (χ1) is 19.3. The SMILES string of the molecule is Cc1ccc(NC(=O)c2ccc(CN3CCN(C(=O)O)CC3)cc2)cc1Nc1nccc(-c2cncc(Br)c2)n1. The van der Waals surface area contributed by atoms with Crippen LogP contribution >= 0.6 is 15.9 Å². The van der Waals surface area contributed by atoms with Crippen molar-refractivity contribution in [2.75, 3.05) is 36.8 Å². The number of hydrogen-bond acceptors (Lipinski definition) is 7. The Morgan fingerprint density at radius 2 is 1.77 bits per heavy atom. The minimum atomic E-state index is -0.872. The van der Waals surface area contributed by atoms with Crippen LogP contribution in [-0.4, -0.2) is 68.0 Å². The summed E-state index contributed by atoms with van der Waals surface area (Å²) in [5.74, 6) is 0.223. The van der Waals surface area contributed by atoms with Crippen molar-refractivity contribution in [2.45, 2.75) is 13.5 Å². The predicted octanol–water partition coefficient (Wildman–Crippen LogP) is 5.40. The van der Waals surface area contributed by atoms with Gasteiger partial charge in [-0.25, -0.2) is 14.8 Å². The van der Waals surface area contributed by atoms with Crippen molar-refractivity contribution in [1.29, 1.82) is 0 Å². The van der Waals surface area contributed by atoms with Crippen molar-refractivity contribution in [1.82, 2.24) is 24.8 Å². The quantitative estimate of drug-likeness (QED) is 0.257. The van der Waals surface area contributed by atoms with Crippen LogP contribution in [0.3, 0.4) is 0 Å². The van der Waals surface area contributed by atoms with Gasteiger partial charge in [0.2, 0.25) is 5.95 Å². The Bertz CT molecular complexity index is 1520. The van der Waals surface area contributed by atoms with E-state index < -0.39 is 6.09 Å². The van der Waals surface area contributed by atoms with Gasteiger partial charge in [-0.15, -0.1) is 0 Å². The number of nitrogens with one attached hydrogen (secondary N) is 2. The molecule has 1 aliphatic heterocycles. The summed E-state index contributed by atoms with van der Waals surface area (Å²) in [7, 11) is 0. The van der Waals surface area contributed by atoms with E-state index in [2.05, 4.69) is 46.4 Å². The Hall–Kier alpha value is -4.35. The molecule has 10 nitrogen and oxygen atoms in total. The molecule has 2 aromatic carbocycles. The highest BCUT2D eigenvalue weighted by molar-refractivity contribution is 9.10. The molecule has 204 valence electrons. The average molecular weight is 602 g/mol. The van der Waals surface area contributed by atoms with E-state index in [0.717, 1.165) is 32.5 Å². The number of anilines is 3. The van der Waals surface area contributed by atoms with Crippen LogP contribution in [-0.2, 0) is 6.54 Å². The largest absolute Gasteiger partial charge is 0.465 e. The zero-order chi connectivity index (χ0) is 28.1. The highest BCUT2D eigenvalue weighted by atomic mass is 79.9. The van der Waals surface area contributed by atoms with E-state index in [1.807, 2.05) is 61.5 Å². The number of pyridine rings is 1. The zero-order valence-electron chi connectivity index (χ0n) is 21.8. The molecule has 0 aliphatic carbocycles. The molecular weight excluding hydrogens is 574 g/mol. The van der Waals surface area contributed by atoms with Gasteiger partial charge in [0.1, 0.15) is 0 Å². The Morgan fingerprint density at radius 3 is 2.50 bits per heavy atom. The van der Waals surface area contributed by atoms with E-state index in [4.69, 9.17) is 5.11 Å². The minimum Gasteiger partial charge on any atom is -0.465 e. The molecule has 1 saturated heterocycles. The van der Waals surface area contributed by atoms with Crippen LogP contribution in [0, 0.1) is 6.92 Å². The maximum absolute atomic E-state index is 13.0. The van der Waals surface area contributed by atoms with Crippen molar-refractivity contribution in [3.05, 3.63) is 94.4 Å². The van der Waals surface area contributed by atoms with E-state index in [1.165, 1.54) is 4.90 Å². The number of halogens is 1. The number of rotatable bonds is 7. The van der Waals surface area contributed by atoms with Crippen LogP contribution in [0.1, 0.15) is 21.5 Å². The number of aryl methyl sites for hydroxylation is 1. The second kappa shape index (κ2) is 12.2. The van der Waals surface area contributed by atoms with E-state index in [0.29, 0.717) is 49.9 Å². The van der Waals surface area contributed by atoms with E-state index in [-0.39, 0.29) is 5.91 Å². The Morgan fingerprint density at radius 1 is 1.00 bits per heavy atom. The van der Waals surface area contributed by atoms with E-state index in [1.54, 1.807) is 18.6 Å². The lowest BCUT2D eigenvalue weighted by Crippen LogP contribution is -2.47. The molecule has 0 unspecified atom stereocenters. The van der Waals surface area contributed by atoms with Gasteiger partial charge in [0.15, 0.2) is 0 Å². The van der Waals surface area contributed by atoms with Gasteiger partial charge < -0.3 is 20.6 Å². The number of piperazine rings is 1. The molecule has 3 heterocycles. The van der Waals surface area contributed by atoms with Crippen LogP contribution in [0.15, 0.2) is 77.7 Å². The minimum absolute atomic E-state index is 0.211. The van der Waals surface area contributed by atoms with Crippen molar-refractivity contribution >= 4 is 45.3 Å². The Labute approximate surface area is 240 Å². The number of carboxylic acid groups (broad SMARTS) is 1. The van der Waals surface area contributed by atoms with Crippen LogP contribution < -0.4 is 10.6 Å². The van der Waals surface area contributed by atoms with Crippen molar-refractivity contribution in [2.24, 2.45) is 0 Å². The fourth-order valence-electron chi connectivity index (χ4n) is 4.41. The molecule has 0 spiro atoms. The molecule has 5 rings (SSSR count). The first-order valence-corrected chi connectivity index (χ1v) is 13.6. The maximum Gasteiger partial charge on any atom is 0.407 e. The second-order valence-electron chi connectivity index (χ2n) is 9.51. The van der Waals surface area contributed by atoms with Crippen molar-refractivity contribution in [3.8, 4) is 11.3 Å². The summed E-state index contributed by atoms with van der Waals surface area (Å²) in [4.78, 5) is 40.9. The lowest BCUT2D eigenvalue weighted by molar-refractivity contribution is 0.102. The summed E-state index contributed by atoms with van der Waals surface area (Å²) in [5, 5.41) is 15.3. The third-order valence-electron chi connectivity index (χ3n) is 6.66. The highest BCUT2D eigenvalue weighted by Gasteiger charge is 2.20. The van der Waals surface area contributed by atoms with Gasteiger partial charge in [-0.3, -0.25) is 14.7 Å². The number of aromatic nitrogens is 3. The fourth-order valence-corrected chi connectivity index (χ4v) is 4.77. The number of benzene rings is 2. The van der Waals surface area contributed by atoms with Gasteiger partial charge in [-0.2, -0.15) is 0 Å². The smallest absolute Gasteiger partial charge is 0.407 e. The summed E-state index contributed by atoms with van der Waals surface area (Å²) in [6, 6.07) is 16.9. The van der Waals surface area contributed by atoms with Gasteiger partial charge in [0, 0.05) is 78.3 Å². The first-order valence-electron chi connectivity index (χ1n) is 12.8. The number of carbonyl (C=O) groups is 2. The molecule has 0 radical (unpaired) electrons. The normalized spacial score (nSPS) is 13.6. The Balaban J connectivity index is 1.21. The standard InChI is InChI=1S/C29H28BrN7O3/c1-19-2-7-24(15-26(19)35-28-32-9-8-25(34-28)22-14-23(30)17-31-16-22)33-27(38)21-5-3-20(4-6-21)18-36-10-12-37(13-11-36)29(39)40/h2-9,14-17H,10-13,18H2,1H3,(H,33,38)(H,39,40)(H,32,34,35). The number of hydrogen-bond donors (Lipinski definition) is 3. The topological polar surface area (TPSA) is 124 Å². The molecule has 3 N–H and O–H groups in total. The van der Waals surface area contributed by atoms with Crippen LogP contribution in [0.25, 0.3) is 11.3 Å². The summed E-state index contributed by atoms with van der Waals surface area (Å²) in [6.07, 6.45) is 4.28. The Kier molecular flexibility index (Phi) is 8.32. The molecule has 11 heteroatoms. The maximum atomic E-state index is 13.0. The average Bonchev–Trinajstić information content (AvgIpc) is 2.96. The lowest BCUT2D eigenvalue weighted by atomic mass is 10.1. The summed E-state index contributed by atoms with van der Waals surface area (Å²) in [5.41, 5.74) is 5.62. The zero-order valence-corrected chi connectivity index (χ0v) is 23.4. The third kappa shape index (κ3) is 6.80. The van der Waals surface area contributed by atoms with E-state index in [9.17, 15) is 9.59 Å². The summed E-state index contributed by atoms with van der Waals surface area (Å²) >= 11 is 3.44. The molecule has 0 saturated carbocycles. The highest BCUT2D eigenvalue weighted by Crippen LogP contribution is 2.25. The van der Waals surface area contributed by atoms with Crippen LogP contribution in [0.2, 0.25) is 0 Å². The van der Waals surface area contributed by atoms with Crippen LogP contribution in [0.5, 0.6) is 0 Å². The van der Waals surface area contributed by atoms with Gasteiger partial charge in [-0.1, -0.05) is 18.2 Å². The van der Waals surface area contributed by atoms with Gasteiger partial charge in [0.25, 0.3) is 5.91 Å². The second-order valence-corrected chi connectivity index (χ2v) is 10.4. The van der Waals surface area contributed by atoms with Crippen molar-refractivity contribution < 1.29 is 14.7 Å². The molecule has 4 aromatic rings. The number of carbonyl (C=O) groups excluding carboxylic acids is 1.